The number of hydrogen-bond donors (Lipinski definition) is 2. The lowest BCUT2D eigenvalue weighted by Gasteiger charge is -2.07. The molecule has 2 aromatic rings. The van der Waals surface area contributed by atoms with Gasteiger partial charge in [-0.15, -0.1) is 11.8 Å². The van der Waals surface area contributed by atoms with E-state index in [4.69, 9.17) is 10.8 Å². The number of benzene rings is 1. The molecule has 0 fully saturated rings. The van der Waals surface area contributed by atoms with Gasteiger partial charge in [0.25, 0.3) is 0 Å². The van der Waals surface area contributed by atoms with Crippen molar-refractivity contribution >= 4 is 22.7 Å². The molecule has 0 saturated heterocycles. The summed E-state index contributed by atoms with van der Waals surface area (Å²) in [6, 6.07) is 7.79. The number of para-hydroxylation sites is 1. The Kier molecular flexibility index (Phi) is 4.30. The van der Waals surface area contributed by atoms with E-state index in [1.54, 1.807) is 18.1 Å². The Hall–Kier alpha value is -1.17. The Morgan fingerprint density at radius 3 is 2.94 bits per heavy atom. The summed E-state index contributed by atoms with van der Waals surface area (Å²) < 4.78 is 0. The molecule has 1 aromatic heterocycles. The third kappa shape index (κ3) is 3.15. The summed E-state index contributed by atoms with van der Waals surface area (Å²) in [5.41, 5.74) is 6.61. The van der Waals surface area contributed by atoms with Crippen LogP contribution in [-0.4, -0.2) is 33.5 Å². The maximum atomic E-state index is 8.84. The van der Waals surface area contributed by atoms with Crippen LogP contribution < -0.4 is 5.73 Å². The van der Waals surface area contributed by atoms with Crippen LogP contribution in [0.5, 0.6) is 0 Å². The van der Waals surface area contributed by atoms with Crippen molar-refractivity contribution in [3.8, 4) is 0 Å². The summed E-state index contributed by atoms with van der Waals surface area (Å²) in [6.45, 7) is 0.0328. The molecule has 1 atom stereocenters. The molecule has 5 heteroatoms. The molecule has 1 aromatic carbocycles. The Bertz CT molecular complexity index is 487. The van der Waals surface area contributed by atoms with Gasteiger partial charge in [0.1, 0.15) is 11.4 Å². The van der Waals surface area contributed by atoms with Crippen molar-refractivity contribution in [3.05, 3.63) is 30.6 Å². The van der Waals surface area contributed by atoms with E-state index in [2.05, 4.69) is 9.97 Å². The van der Waals surface area contributed by atoms with Gasteiger partial charge in [-0.3, -0.25) is 0 Å². The fourth-order valence-electron chi connectivity index (χ4n) is 1.49. The highest BCUT2D eigenvalue weighted by molar-refractivity contribution is 7.99. The zero-order valence-electron chi connectivity index (χ0n) is 9.41. The van der Waals surface area contributed by atoms with Gasteiger partial charge in [-0.1, -0.05) is 18.2 Å². The lowest BCUT2D eigenvalue weighted by atomic mass is 10.2. The summed E-state index contributed by atoms with van der Waals surface area (Å²) >= 11 is 1.65. The number of nitrogens with two attached hydrogens (primary N) is 1. The third-order valence-corrected chi connectivity index (χ3v) is 3.51. The Morgan fingerprint density at radius 1 is 1.29 bits per heavy atom. The molecule has 0 amide bonds. The maximum absolute atomic E-state index is 8.84. The molecule has 0 bridgehead atoms. The smallest absolute Gasteiger partial charge is 0.117 e. The molecule has 0 spiro atoms. The van der Waals surface area contributed by atoms with Crippen molar-refractivity contribution in [2.75, 3.05) is 12.4 Å². The highest BCUT2D eigenvalue weighted by Gasteiger charge is 2.05. The number of thioether (sulfide) groups is 1. The second-order valence-corrected chi connectivity index (χ2v) is 4.86. The molecule has 3 N–H and O–H groups in total. The van der Waals surface area contributed by atoms with Crippen LogP contribution in [0.2, 0.25) is 0 Å². The van der Waals surface area contributed by atoms with Crippen molar-refractivity contribution < 1.29 is 5.11 Å². The lowest BCUT2D eigenvalue weighted by Crippen LogP contribution is -2.24. The lowest BCUT2D eigenvalue weighted by molar-refractivity contribution is 0.264. The maximum Gasteiger partial charge on any atom is 0.117 e. The van der Waals surface area contributed by atoms with Crippen LogP contribution in [0.15, 0.2) is 35.6 Å². The zero-order chi connectivity index (χ0) is 12.1. The molecule has 0 aliphatic carbocycles. The summed E-state index contributed by atoms with van der Waals surface area (Å²) in [5, 5.41) is 10.9. The molecular formula is C12H15N3OS. The van der Waals surface area contributed by atoms with E-state index in [9.17, 15) is 0 Å². The van der Waals surface area contributed by atoms with Gasteiger partial charge in [-0.2, -0.15) is 0 Å². The summed E-state index contributed by atoms with van der Waals surface area (Å²) in [5.74, 6) is 0.850. The molecule has 4 nitrogen and oxygen atoms in total. The SMILES string of the molecule is NC(CO)CCSc1ncnc2ccccc12. The van der Waals surface area contributed by atoms with Gasteiger partial charge in [0.2, 0.25) is 0 Å². The van der Waals surface area contributed by atoms with E-state index >= 15 is 0 Å². The largest absolute Gasteiger partial charge is 0.395 e. The monoisotopic (exact) mass is 249 g/mol. The number of fused-ring (bicyclic) bond motifs is 1. The average molecular weight is 249 g/mol. The van der Waals surface area contributed by atoms with Crippen molar-refractivity contribution in [1.29, 1.82) is 0 Å². The highest BCUT2D eigenvalue weighted by atomic mass is 32.2. The molecule has 2 rings (SSSR count). The van der Waals surface area contributed by atoms with E-state index < -0.39 is 0 Å². The van der Waals surface area contributed by atoms with Crippen molar-refractivity contribution in [2.24, 2.45) is 5.73 Å². The average Bonchev–Trinajstić information content (AvgIpc) is 2.39. The molecule has 17 heavy (non-hydrogen) atoms. The molecule has 0 aliphatic rings. The minimum atomic E-state index is -0.143. The van der Waals surface area contributed by atoms with Gasteiger partial charge in [-0.25, -0.2) is 9.97 Å². The van der Waals surface area contributed by atoms with Gasteiger partial charge in [-0.05, 0) is 12.5 Å². The molecule has 0 aliphatic heterocycles. The number of nitrogens with zero attached hydrogens (tertiary/aromatic N) is 2. The first-order valence-corrected chi connectivity index (χ1v) is 6.49. The Morgan fingerprint density at radius 2 is 2.12 bits per heavy atom. The third-order valence-electron chi connectivity index (χ3n) is 2.47. The standard InChI is InChI=1S/C12H15N3OS/c13-9(7-16)5-6-17-12-10-3-1-2-4-11(10)14-8-15-12/h1-4,8-9,16H,5-7,13H2. The minimum absolute atomic E-state index is 0.0328. The van der Waals surface area contributed by atoms with Crippen LogP contribution >= 0.6 is 11.8 Å². The molecule has 90 valence electrons. The first-order valence-electron chi connectivity index (χ1n) is 5.50. The number of hydrogen-bond acceptors (Lipinski definition) is 5. The van der Waals surface area contributed by atoms with Gasteiger partial charge in [0, 0.05) is 17.2 Å². The van der Waals surface area contributed by atoms with Gasteiger partial charge >= 0.3 is 0 Å². The van der Waals surface area contributed by atoms with Gasteiger partial charge in [0.15, 0.2) is 0 Å². The van der Waals surface area contributed by atoms with Crippen LogP contribution in [0.4, 0.5) is 0 Å². The fraction of sp³-hybridized carbons (Fsp3) is 0.333. The van der Waals surface area contributed by atoms with Crippen molar-refractivity contribution in [3.63, 3.8) is 0 Å². The molecule has 0 saturated carbocycles. The quantitative estimate of drug-likeness (QED) is 0.619. The Balaban J connectivity index is 2.08. The van der Waals surface area contributed by atoms with Crippen LogP contribution in [-0.2, 0) is 0 Å². The number of aliphatic hydroxyl groups excluding tert-OH is 1. The van der Waals surface area contributed by atoms with E-state index in [1.165, 1.54) is 0 Å². The second kappa shape index (κ2) is 5.95. The van der Waals surface area contributed by atoms with Crippen LogP contribution in [0.1, 0.15) is 6.42 Å². The summed E-state index contributed by atoms with van der Waals surface area (Å²) in [7, 11) is 0. The predicted octanol–water partition coefficient (Wildman–Crippen LogP) is 1.43. The second-order valence-electron chi connectivity index (χ2n) is 3.78. The first kappa shape index (κ1) is 12.3. The van der Waals surface area contributed by atoms with Gasteiger partial charge < -0.3 is 10.8 Å². The highest BCUT2D eigenvalue weighted by Crippen LogP contribution is 2.24. The summed E-state index contributed by atoms with van der Waals surface area (Å²) in [4.78, 5) is 8.49. The van der Waals surface area contributed by atoms with Crippen molar-refractivity contribution in [1.82, 2.24) is 9.97 Å². The van der Waals surface area contributed by atoms with Gasteiger partial charge in [0.05, 0.1) is 12.1 Å². The summed E-state index contributed by atoms with van der Waals surface area (Å²) in [6.07, 6.45) is 2.36. The fourth-order valence-corrected chi connectivity index (χ4v) is 2.56. The van der Waals surface area contributed by atoms with Crippen LogP contribution in [0.25, 0.3) is 10.9 Å². The van der Waals surface area contributed by atoms with Crippen LogP contribution in [0, 0.1) is 0 Å². The number of aromatic nitrogens is 2. The molecule has 1 heterocycles. The topological polar surface area (TPSA) is 72.0 Å². The Labute approximate surface area is 104 Å². The van der Waals surface area contributed by atoms with E-state index in [1.807, 2.05) is 24.3 Å². The first-order chi connectivity index (χ1) is 8.31. The molecular weight excluding hydrogens is 234 g/mol. The van der Waals surface area contributed by atoms with Crippen LogP contribution in [0.3, 0.4) is 0 Å². The minimum Gasteiger partial charge on any atom is -0.395 e. The number of rotatable bonds is 5. The van der Waals surface area contributed by atoms with Crippen molar-refractivity contribution in [2.45, 2.75) is 17.5 Å². The number of aliphatic hydroxyl groups is 1. The predicted molar refractivity (Wildman–Crippen MR) is 69.9 cm³/mol. The zero-order valence-corrected chi connectivity index (χ0v) is 10.2. The normalized spacial score (nSPS) is 12.8. The van der Waals surface area contributed by atoms with E-state index in [0.717, 1.165) is 28.1 Å². The van der Waals surface area contributed by atoms with E-state index in [-0.39, 0.29) is 12.6 Å². The van der Waals surface area contributed by atoms with E-state index in [0.29, 0.717) is 0 Å². The molecule has 0 radical (unpaired) electrons. The molecule has 1 unspecified atom stereocenters.